The van der Waals surface area contributed by atoms with E-state index in [-0.39, 0.29) is 0 Å². The smallest absolute Gasteiger partial charge is 0.244 e. The number of benzene rings is 1. The number of sulfonamides is 1. The van der Waals surface area contributed by atoms with Crippen LogP contribution in [0, 0.1) is 27.7 Å². The molecule has 0 spiro atoms. The lowest BCUT2D eigenvalue weighted by Crippen LogP contribution is -2.44. The number of hydrogen-bond donors (Lipinski definition) is 1. The molecule has 0 aliphatic carbocycles. The van der Waals surface area contributed by atoms with E-state index in [0.717, 1.165) is 22.3 Å². The molecule has 1 saturated heterocycles. The van der Waals surface area contributed by atoms with Crippen LogP contribution in [0.5, 0.6) is 0 Å². The summed E-state index contributed by atoms with van der Waals surface area (Å²) in [6, 6.07) is 1.26. The van der Waals surface area contributed by atoms with Gasteiger partial charge in [0.25, 0.3) is 0 Å². The van der Waals surface area contributed by atoms with Crippen LogP contribution < -0.4 is 5.73 Å². The monoisotopic (exact) mass is 310 g/mol. The van der Waals surface area contributed by atoms with Crippen molar-refractivity contribution in [3.63, 3.8) is 0 Å². The first kappa shape index (κ1) is 16.0. The Bertz CT molecular complexity index is 669. The summed E-state index contributed by atoms with van der Waals surface area (Å²) >= 11 is 0. The van der Waals surface area contributed by atoms with Crippen LogP contribution in [0.1, 0.15) is 35.1 Å². The average Bonchev–Trinajstić information content (AvgIpc) is 2.86. The van der Waals surface area contributed by atoms with E-state index in [0.29, 0.717) is 24.3 Å². The zero-order chi connectivity index (χ0) is 15.9. The summed E-state index contributed by atoms with van der Waals surface area (Å²) in [4.78, 5) is 11.8. The molecule has 2 rings (SSSR count). The fraction of sp³-hybridized carbons (Fsp3) is 0.533. The number of nitrogens with zero attached hydrogens (tertiary/aromatic N) is 1. The highest BCUT2D eigenvalue weighted by Gasteiger charge is 2.39. The molecule has 2 N–H and O–H groups in total. The Morgan fingerprint density at radius 2 is 1.71 bits per heavy atom. The van der Waals surface area contributed by atoms with E-state index >= 15 is 0 Å². The Hall–Kier alpha value is -1.40. The fourth-order valence-electron chi connectivity index (χ4n) is 3.00. The molecular weight excluding hydrogens is 288 g/mol. The second kappa shape index (κ2) is 5.42. The van der Waals surface area contributed by atoms with Crippen molar-refractivity contribution in [2.45, 2.75) is 51.5 Å². The number of amides is 1. The molecule has 1 heterocycles. The van der Waals surface area contributed by atoms with E-state index in [2.05, 4.69) is 0 Å². The number of aryl methyl sites for hydroxylation is 2. The van der Waals surface area contributed by atoms with Gasteiger partial charge in [-0.05, 0) is 62.8 Å². The largest absolute Gasteiger partial charge is 0.368 e. The summed E-state index contributed by atoms with van der Waals surface area (Å²) in [5, 5.41) is 0. The van der Waals surface area contributed by atoms with Gasteiger partial charge in [-0.2, -0.15) is 4.31 Å². The van der Waals surface area contributed by atoms with E-state index in [1.54, 1.807) is 0 Å². The lowest BCUT2D eigenvalue weighted by Gasteiger charge is -2.25. The normalized spacial score (nSPS) is 19.9. The van der Waals surface area contributed by atoms with Crippen molar-refractivity contribution >= 4 is 15.9 Å². The zero-order valence-electron chi connectivity index (χ0n) is 12.9. The van der Waals surface area contributed by atoms with Gasteiger partial charge in [0.1, 0.15) is 6.04 Å². The molecule has 21 heavy (non-hydrogen) atoms. The van der Waals surface area contributed by atoms with Gasteiger partial charge in [-0.15, -0.1) is 0 Å². The SMILES string of the molecule is Cc1cc(C)c(C)c(S(=O)(=O)N2CCCC2C(N)=O)c1C. The lowest BCUT2D eigenvalue weighted by atomic mass is 10.0. The molecule has 0 aromatic heterocycles. The van der Waals surface area contributed by atoms with Gasteiger partial charge in [0.05, 0.1) is 4.90 Å². The molecule has 0 radical (unpaired) electrons. The van der Waals surface area contributed by atoms with Crippen LogP contribution in [-0.4, -0.2) is 31.2 Å². The number of rotatable bonds is 3. The molecule has 0 saturated carbocycles. The minimum Gasteiger partial charge on any atom is -0.368 e. The van der Waals surface area contributed by atoms with Crippen LogP contribution in [-0.2, 0) is 14.8 Å². The quantitative estimate of drug-likeness (QED) is 0.920. The molecule has 116 valence electrons. The number of primary amides is 1. The highest BCUT2D eigenvalue weighted by Crippen LogP contribution is 2.32. The van der Waals surface area contributed by atoms with Gasteiger partial charge in [0.15, 0.2) is 0 Å². The Labute approximate surface area is 126 Å². The first-order valence-corrected chi connectivity index (χ1v) is 8.50. The maximum absolute atomic E-state index is 13.0. The molecule has 1 aliphatic rings. The Kier molecular flexibility index (Phi) is 4.13. The highest BCUT2D eigenvalue weighted by atomic mass is 32.2. The van der Waals surface area contributed by atoms with Gasteiger partial charge in [0.2, 0.25) is 15.9 Å². The predicted octanol–water partition coefficient (Wildman–Crippen LogP) is 1.56. The third-order valence-electron chi connectivity index (χ3n) is 4.40. The summed E-state index contributed by atoms with van der Waals surface area (Å²) in [5.74, 6) is -0.573. The molecule has 1 atom stereocenters. The van der Waals surface area contributed by atoms with Crippen LogP contribution in [0.4, 0.5) is 0 Å². The van der Waals surface area contributed by atoms with Gasteiger partial charge in [-0.25, -0.2) is 8.42 Å². The van der Waals surface area contributed by atoms with Gasteiger partial charge in [-0.3, -0.25) is 4.79 Å². The second-order valence-electron chi connectivity index (χ2n) is 5.77. The molecule has 1 aromatic carbocycles. The number of carbonyl (C=O) groups is 1. The van der Waals surface area contributed by atoms with Crippen molar-refractivity contribution < 1.29 is 13.2 Å². The third-order valence-corrected chi connectivity index (χ3v) is 6.58. The van der Waals surface area contributed by atoms with Crippen LogP contribution in [0.25, 0.3) is 0 Å². The Morgan fingerprint density at radius 1 is 1.19 bits per heavy atom. The van der Waals surface area contributed by atoms with Crippen molar-refractivity contribution in [1.82, 2.24) is 4.31 Å². The van der Waals surface area contributed by atoms with Crippen molar-refractivity contribution in [2.75, 3.05) is 6.54 Å². The predicted molar refractivity (Wildman–Crippen MR) is 81.5 cm³/mol. The van der Waals surface area contributed by atoms with Crippen molar-refractivity contribution in [1.29, 1.82) is 0 Å². The number of nitrogens with two attached hydrogens (primary N) is 1. The zero-order valence-corrected chi connectivity index (χ0v) is 13.8. The standard InChI is InChI=1S/C15H22N2O3S/c1-9-8-10(2)12(4)14(11(9)3)21(19,20)17-7-5-6-13(17)15(16)18/h8,13H,5-7H2,1-4H3,(H2,16,18). The molecule has 1 aliphatic heterocycles. The summed E-state index contributed by atoms with van der Waals surface area (Å²) < 4.78 is 27.3. The van der Waals surface area contributed by atoms with E-state index in [1.807, 2.05) is 33.8 Å². The molecule has 5 nitrogen and oxygen atoms in total. The van der Waals surface area contributed by atoms with E-state index < -0.39 is 22.0 Å². The number of hydrogen-bond acceptors (Lipinski definition) is 3. The van der Waals surface area contributed by atoms with Crippen LogP contribution in [0.2, 0.25) is 0 Å². The van der Waals surface area contributed by atoms with Gasteiger partial charge in [0, 0.05) is 6.54 Å². The molecule has 0 bridgehead atoms. The van der Waals surface area contributed by atoms with Gasteiger partial charge >= 0.3 is 0 Å². The van der Waals surface area contributed by atoms with E-state index in [1.165, 1.54) is 4.31 Å². The third kappa shape index (κ3) is 2.58. The topological polar surface area (TPSA) is 80.5 Å². The first-order valence-electron chi connectivity index (χ1n) is 7.06. The minimum atomic E-state index is -3.71. The summed E-state index contributed by atoms with van der Waals surface area (Å²) in [6.45, 7) is 7.77. The highest BCUT2D eigenvalue weighted by molar-refractivity contribution is 7.89. The van der Waals surface area contributed by atoms with Crippen LogP contribution in [0.3, 0.4) is 0 Å². The Morgan fingerprint density at radius 3 is 2.19 bits per heavy atom. The maximum Gasteiger partial charge on any atom is 0.244 e. The minimum absolute atomic E-state index is 0.327. The molecule has 1 fully saturated rings. The molecular formula is C15H22N2O3S. The van der Waals surface area contributed by atoms with E-state index in [9.17, 15) is 13.2 Å². The van der Waals surface area contributed by atoms with Crippen molar-refractivity contribution in [2.24, 2.45) is 5.73 Å². The van der Waals surface area contributed by atoms with Crippen LogP contribution in [0.15, 0.2) is 11.0 Å². The fourth-order valence-corrected chi connectivity index (χ4v) is 5.24. The lowest BCUT2D eigenvalue weighted by molar-refractivity contribution is -0.121. The second-order valence-corrected chi connectivity index (χ2v) is 7.59. The summed E-state index contributed by atoms with van der Waals surface area (Å²) in [5.41, 5.74) is 8.71. The molecule has 1 aromatic rings. The summed E-state index contributed by atoms with van der Waals surface area (Å²) in [6.07, 6.45) is 1.16. The number of carbonyl (C=O) groups excluding carboxylic acids is 1. The van der Waals surface area contributed by atoms with E-state index in [4.69, 9.17) is 5.73 Å². The van der Waals surface area contributed by atoms with Gasteiger partial charge in [-0.1, -0.05) is 6.07 Å². The summed E-state index contributed by atoms with van der Waals surface area (Å²) in [7, 11) is -3.71. The van der Waals surface area contributed by atoms with Gasteiger partial charge < -0.3 is 5.73 Å². The first-order chi connectivity index (χ1) is 9.67. The van der Waals surface area contributed by atoms with Crippen LogP contribution >= 0.6 is 0 Å². The van der Waals surface area contributed by atoms with Crippen molar-refractivity contribution in [3.8, 4) is 0 Å². The van der Waals surface area contributed by atoms with Crippen molar-refractivity contribution in [3.05, 3.63) is 28.3 Å². The molecule has 6 heteroatoms. The average molecular weight is 310 g/mol. The maximum atomic E-state index is 13.0. The molecule has 1 amide bonds. The Balaban J connectivity index is 2.63. The molecule has 1 unspecified atom stereocenters.